The average Bonchev–Trinajstić information content (AvgIpc) is 2.48. The van der Waals surface area contributed by atoms with Gasteiger partial charge >= 0.3 is 0 Å². The topological polar surface area (TPSA) is 29.1 Å². The van der Waals surface area contributed by atoms with Crippen molar-refractivity contribution in [3.63, 3.8) is 0 Å². The predicted octanol–water partition coefficient (Wildman–Crippen LogP) is 4.50. The number of nitrogens with one attached hydrogen (secondary N) is 1. The number of rotatable bonds is 4. The van der Waals surface area contributed by atoms with E-state index < -0.39 is 5.41 Å². The van der Waals surface area contributed by atoms with E-state index in [1.54, 1.807) is 0 Å². The van der Waals surface area contributed by atoms with Crippen molar-refractivity contribution in [1.82, 2.24) is 5.32 Å². The van der Waals surface area contributed by atoms with Crippen LogP contribution in [0.1, 0.15) is 37.9 Å². The molecule has 0 heterocycles. The first kappa shape index (κ1) is 15.6. The zero-order valence-electron chi connectivity index (χ0n) is 12.6. The van der Waals surface area contributed by atoms with Gasteiger partial charge in [-0.05, 0) is 44.0 Å². The number of amides is 1. The highest BCUT2D eigenvalue weighted by atomic mass is 35.5. The summed E-state index contributed by atoms with van der Waals surface area (Å²) in [5.41, 5.74) is 1.48. The van der Waals surface area contributed by atoms with E-state index in [-0.39, 0.29) is 11.9 Å². The molecule has 0 saturated heterocycles. The van der Waals surface area contributed by atoms with Crippen LogP contribution in [0.5, 0.6) is 0 Å². The summed E-state index contributed by atoms with van der Waals surface area (Å²) in [6, 6.07) is 17.3. The summed E-state index contributed by atoms with van der Waals surface area (Å²) >= 11 is 5.89. The van der Waals surface area contributed by atoms with Gasteiger partial charge in [0.1, 0.15) is 0 Å². The Morgan fingerprint density at radius 2 is 1.62 bits per heavy atom. The first-order valence-electron chi connectivity index (χ1n) is 7.03. The van der Waals surface area contributed by atoms with Crippen molar-refractivity contribution in [2.75, 3.05) is 0 Å². The van der Waals surface area contributed by atoms with Crippen LogP contribution >= 0.6 is 11.6 Å². The Labute approximate surface area is 131 Å². The summed E-state index contributed by atoms with van der Waals surface area (Å²) in [4.78, 5) is 12.6. The molecule has 0 aliphatic carbocycles. The van der Waals surface area contributed by atoms with Crippen LogP contribution in [0.2, 0.25) is 5.02 Å². The van der Waals surface area contributed by atoms with E-state index in [4.69, 9.17) is 11.6 Å². The molecule has 0 saturated carbocycles. The molecule has 0 aliphatic heterocycles. The fourth-order valence-electron chi connectivity index (χ4n) is 2.20. The van der Waals surface area contributed by atoms with Crippen molar-refractivity contribution < 1.29 is 4.79 Å². The van der Waals surface area contributed by atoms with Gasteiger partial charge in [-0.3, -0.25) is 4.79 Å². The average molecular weight is 302 g/mol. The lowest BCUT2D eigenvalue weighted by atomic mass is 9.83. The van der Waals surface area contributed by atoms with Gasteiger partial charge in [-0.25, -0.2) is 0 Å². The fourth-order valence-corrected chi connectivity index (χ4v) is 2.32. The van der Waals surface area contributed by atoms with E-state index in [0.717, 1.165) is 11.1 Å². The predicted molar refractivity (Wildman–Crippen MR) is 87.5 cm³/mol. The van der Waals surface area contributed by atoms with Crippen molar-refractivity contribution >= 4 is 17.5 Å². The molecular formula is C18H20ClNO. The van der Waals surface area contributed by atoms with Gasteiger partial charge < -0.3 is 5.32 Å². The second-order valence-corrected chi connectivity index (χ2v) is 6.17. The minimum absolute atomic E-state index is 0.0103. The number of halogens is 1. The molecular weight excluding hydrogens is 282 g/mol. The number of hydrogen-bond donors (Lipinski definition) is 1. The van der Waals surface area contributed by atoms with E-state index in [2.05, 4.69) is 5.32 Å². The van der Waals surface area contributed by atoms with Gasteiger partial charge in [0.15, 0.2) is 0 Å². The Morgan fingerprint density at radius 3 is 2.19 bits per heavy atom. The summed E-state index contributed by atoms with van der Waals surface area (Å²) in [5.74, 6) is 0.0103. The minimum Gasteiger partial charge on any atom is -0.349 e. The van der Waals surface area contributed by atoms with E-state index >= 15 is 0 Å². The Hall–Kier alpha value is -1.80. The van der Waals surface area contributed by atoms with Gasteiger partial charge in [0.25, 0.3) is 0 Å². The van der Waals surface area contributed by atoms with Crippen molar-refractivity contribution in [3.8, 4) is 0 Å². The zero-order chi connectivity index (χ0) is 15.5. The van der Waals surface area contributed by atoms with E-state index in [1.807, 2.05) is 75.4 Å². The summed E-state index contributed by atoms with van der Waals surface area (Å²) in [7, 11) is 0. The number of carbonyl (C=O) groups excluding carboxylic acids is 1. The molecule has 1 amide bonds. The molecule has 0 bridgehead atoms. The highest BCUT2D eigenvalue weighted by molar-refractivity contribution is 6.30. The highest BCUT2D eigenvalue weighted by Gasteiger charge is 2.30. The maximum atomic E-state index is 12.6. The Balaban J connectivity index is 2.12. The molecule has 0 spiro atoms. The van der Waals surface area contributed by atoms with Crippen molar-refractivity contribution in [2.45, 2.75) is 32.2 Å². The first-order valence-corrected chi connectivity index (χ1v) is 7.41. The van der Waals surface area contributed by atoms with Gasteiger partial charge in [0.05, 0.1) is 11.5 Å². The minimum atomic E-state index is -0.568. The Morgan fingerprint density at radius 1 is 1.05 bits per heavy atom. The van der Waals surface area contributed by atoms with Gasteiger partial charge in [-0.15, -0.1) is 0 Å². The normalized spacial score (nSPS) is 12.8. The van der Waals surface area contributed by atoms with E-state index in [1.165, 1.54) is 0 Å². The van der Waals surface area contributed by atoms with Crippen LogP contribution in [0.25, 0.3) is 0 Å². The van der Waals surface area contributed by atoms with Gasteiger partial charge in [0.2, 0.25) is 5.91 Å². The quantitative estimate of drug-likeness (QED) is 0.885. The Bertz CT molecular complexity index is 605. The van der Waals surface area contributed by atoms with Crippen molar-refractivity contribution in [3.05, 3.63) is 70.7 Å². The molecule has 1 atom stereocenters. The van der Waals surface area contributed by atoms with Crippen LogP contribution in [-0.2, 0) is 10.2 Å². The molecule has 2 nitrogen and oxygen atoms in total. The fraction of sp³-hybridized carbons (Fsp3) is 0.278. The maximum Gasteiger partial charge on any atom is 0.230 e. The summed E-state index contributed by atoms with van der Waals surface area (Å²) in [6.45, 7) is 5.85. The SMILES string of the molecule is CC(NC(=O)C(C)(C)c1ccccc1)c1ccc(Cl)cc1. The zero-order valence-corrected chi connectivity index (χ0v) is 13.3. The lowest BCUT2D eigenvalue weighted by molar-refractivity contribution is -0.126. The molecule has 21 heavy (non-hydrogen) atoms. The van der Waals surface area contributed by atoms with Gasteiger partial charge in [-0.2, -0.15) is 0 Å². The molecule has 1 N–H and O–H groups in total. The highest BCUT2D eigenvalue weighted by Crippen LogP contribution is 2.25. The van der Waals surface area contributed by atoms with Crippen LogP contribution in [0.3, 0.4) is 0 Å². The second-order valence-electron chi connectivity index (χ2n) is 5.74. The molecule has 3 heteroatoms. The smallest absolute Gasteiger partial charge is 0.230 e. The molecule has 2 aromatic carbocycles. The molecule has 2 rings (SSSR count). The van der Waals surface area contributed by atoms with Crippen LogP contribution in [-0.4, -0.2) is 5.91 Å². The van der Waals surface area contributed by atoms with E-state index in [9.17, 15) is 4.79 Å². The third kappa shape index (κ3) is 3.64. The van der Waals surface area contributed by atoms with E-state index in [0.29, 0.717) is 5.02 Å². The maximum absolute atomic E-state index is 12.6. The standard InChI is InChI=1S/C18H20ClNO/c1-13(14-9-11-16(19)12-10-14)20-17(21)18(2,3)15-7-5-4-6-8-15/h4-13H,1-3H3,(H,20,21). The summed E-state index contributed by atoms with van der Waals surface area (Å²) in [6.07, 6.45) is 0. The lowest BCUT2D eigenvalue weighted by Gasteiger charge is -2.26. The third-order valence-electron chi connectivity index (χ3n) is 3.78. The summed E-state index contributed by atoms with van der Waals surface area (Å²) < 4.78 is 0. The van der Waals surface area contributed by atoms with Crippen LogP contribution in [0.4, 0.5) is 0 Å². The van der Waals surface area contributed by atoms with Crippen LogP contribution in [0, 0.1) is 0 Å². The summed E-state index contributed by atoms with van der Waals surface area (Å²) in [5, 5.41) is 3.77. The third-order valence-corrected chi connectivity index (χ3v) is 4.03. The molecule has 110 valence electrons. The molecule has 0 aromatic heterocycles. The van der Waals surface area contributed by atoms with Crippen LogP contribution in [0.15, 0.2) is 54.6 Å². The first-order chi connectivity index (χ1) is 9.91. The van der Waals surface area contributed by atoms with Gasteiger partial charge in [-0.1, -0.05) is 54.1 Å². The number of hydrogen-bond acceptors (Lipinski definition) is 1. The molecule has 0 radical (unpaired) electrons. The Kier molecular flexibility index (Phi) is 4.69. The lowest BCUT2D eigenvalue weighted by Crippen LogP contribution is -2.41. The number of carbonyl (C=O) groups is 1. The largest absolute Gasteiger partial charge is 0.349 e. The molecule has 1 unspecified atom stereocenters. The van der Waals surface area contributed by atoms with Crippen LogP contribution < -0.4 is 5.32 Å². The van der Waals surface area contributed by atoms with Crippen molar-refractivity contribution in [1.29, 1.82) is 0 Å². The molecule has 0 fully saturated rings. The second kappa shape index (κ2) is 6.31. The molecule has 0 aliphatic rings. The van der Waals surface area contributed by atoms with Gasteiger partial charge in [0, 0.05) is 5.02 Å². The van der Waals surface area contributed by atoms with Crippen molar-refractivity contribution in [2.24, 2.45) is 0 Å². The number of benzene rings is 2. The monoisotopic (exact) mass is 301 g/mol. The molecule has 2 aromatic rings.